The molecule has 3 rings (SSSR count). The molecule has 0 aliphatic carbocycles. The van der Waals surface area contributed by atoms with Gasteiger partial charge in [-0.3, -0.25) is 9.59 Å². The van der Waals surface area contributed by atoms with Crippen molar-refractivity contribution < 1.29 is 19.4 Å². The maximum Gasteiger partial charge on any atom is 0.254 e. The highest BCUT2D eigenvalue weighted by Crippen LogP contribution is 2.39. The molecule has 0 aliphatic heterocycles. The maximum absolute atomic E-state index is 12.2. The molecule has 0 spiro atoms. The zero-order valence-electron chi connectivity index (χ0n) is 16.9. The second-order valence-corrected chi connectivity index (χ2v) is 6.98. The van der Waals surface area contributed by atoms with Gasteiger partial charge in [-0.2, -0.15) is 0 Å². The number of hydrogen-bond donors (Lipinski definition) is 2. The van der Waals surface area contributed by atoms with Crippen LogP contribution in [0.1, 0.15) is 28.4 Å². The third kappa shape index (κ3) is 4.16. The highest BCUT2D eigenvalue weighted by atomic mass is 16.5. The molecule has 3 aromatic carbocycles. The van der Waals surface area contributed by atoms with E-state index in [4.69, 9.17) is 4.74 Å². The highest BCUT2D eigenvalue weighted by molar-refractivity contribution is 6.05. The fourth-order valence-corrected chi connectivity index (χ4v) is 3.14. The number of hydrogen-bond acceptors (Lipinski definition) is 4. The molecule has 0 aromatic heterocycles. The summed E-state index contributed by atoms with van der Waals surface area (Å²) in [7, 11) is 3.24. The number of carbonyl (C=O) groups is 2. The van der Waals surface area contributed by atoms with Crippen molar-refractivity contribution in [1.29, 1.82) is 0 Å². The van der Waals surface area contributed by atoms with Gasteiger partial charge in [0.1, 0.15) is 17.2 Å². The van der Waals surface area contributed by atoms with Gasteiger partial charge in [-0.1, -0.05) is 42.0 Å². The lowest BCUT2D eigenvalue weighted by atomic mass is 10.0. The van der Waals surface area contributed by atoms with Gasteiger partial charge in [-0.05, 0) is 19.1 Å². The summed E-state index contributed by atoms with van der Waals surface area (Å²) in [6.07, 6.45) is 0. The Morgan fingerprint density at radius 3 is 2.41 bits per heavy atom. The zero-order chi connectivity index (χ0) is 21.1. The summed E-state index contributed by atoms with van der Waals surface area (Å²) in [6, 6.07) is 14.5. The number of phenols is 1. The molecule has 0 unspecified atom stereocenters. The van der Waals surface area contributed by atoms with E-state index in [2.05, 4.69) is 5.32 Å². The first-order valence-corrected chi connectivity index (χ1v) is 9.27. The number of rotatable bonds is 5. The predicted octanol–water partition coefficient (Wildman–Crippen LogP) is 3.98. The van der Waals surface area contributed by atoms with Crippen LogP contribution in [0.5, 0.6) is 17.2 Å². The Kier molecular flexibility index (Phi) is 5.73. The number of nitrogens with zero attached hydrogens (tertiary/aromatic N) is 1. The van der Waals surface area contributed by atoms with Crippen molar-refractivity contribution in [3.63, 3.8) is 0 Å². The van der Waals surface area contributed by atoms with Crippen LogP contribution in [0.25, 0.3) is 10.8 Å². The van der Waals surface area contributed by atoms with Crippen molar-refractivity contribution in [2.75, 3.05) is 14.1 Å². The van der Waals surface area contributed by atoms with E-state index in [1.165, 1.54) is 20.0 Å². The number of ether oxygens (including phenoxy) is 1. The molecular formula is C23H24N2O4. The van der Waals surface area contributed by atoms with Crippen molar-refractivity contribution in [3.8, 4) is 17.2 Å². The molecule has 2 N–H and O–H groups in total. The lowest BCUT2D eigenvalue weighted by molar-refractivity contribution is -0.128. The molecule has 0 atom stereocenters. The average Bonchev–Trinajstić information content (AvgIpc) is 2.71. The van der Waals surface area contributed by atoms with Gasteiger partial charge in [-0.15, -0.1) is 0 Å². The Morgan fingerprint density at radius 1 is 1.07 bits per heavy atom. The van der Waals surface area contributed by atoms with E-state index >= 15 is 0 Å². The Hall–Kier alpha value is -3.54. The Balaban J connectivity index is 2.12. The van der Waals surface area contributed by atoms with Gasteiger partial charge in [0.2, 0.25) is 5.91 Å². The van der Waals surface area contributed by atoms with Gasteiger partial charge in [0.25, 0.3) is 5.91 Å². The molecule has 0 saturated carbocycles. The van der Waals surface area contributed by atoms with Crippen LogP contribution in [-0.4, -0.2) is 35.9 Å². The molecule has 0 aliphatic rings. The highest BCUT2D eigenvalue weighted by Gasteiger charge is 2.18. The van der Waals surface area contributed by atoms with Crippen LogP contribution >= 0.6 is 0 Å². The number of benzene rings is 3. The van der Waals surface area contributed by atoms with Gasteiger partial charge < -0.3 is 20.1 Å². The minimum atomic E-state index is -0.404. The smallest absolute Gasteiger partial charge is 0.254 e. The maximum atomic E-state index is 12.2. The normalized spacial score (nSPS) is 10.6. The van der Waals surface area contributed by atoms with Crippen LogP contribution in [0, 0.1) is 6.92 Å². The first-order chi connectivity index (χ1) is 13.8. The lowest BCUT2D eigenvalue weighted by Gasteiger charge is -2.19. The molecule has 2 amide bonds. The summed E-state index contributed by atoms with van der Waals surface area (Å²) in [6.45, 7) is 3.88. The Labute approximate surface area is 169 Å². The minimum absolute atomic E-state index is 0.0468. The molecular weight excluding hydrogens is 368 g/mol. The Bertz CT molecular complexity index is 1090. The van der Waals surface area contributed by atoms with Crippen molar-refractivity contribution >= 4 is 22.6 Å². The van der Waals surface area contributed by atoms with Gasteiger partial charge >= 0.3 is 0 Å². The van der Waals surface area contributed by atoms with E-state index in [1.807, 2.05) is 37.3 Å². The number of nitrogens with one attached hydrogen (secondary N) is 1. The summed E-state index contributed by atoms with van der Waals surface area (Å²) in [4.78, 5) is 25.5. The van der Waals surface area contributed by atoms with E-state index in [1.54, 1.807) is 24.1 Å². The van der Waals surface area contributed by atoms with E-state index in [0.29, 0.717) is 28.8 Å². The quantitative estimate of drug-likeness (QED) is 0.688. The summed E-state index contributed by atoms with van der Waals surface area (Å²) >= 11 is 0. The first kappa shape index (κ1) is 20.2. The number of phenolic OH excluding ortho intramolecular Hbond substituents is 1. The molecule has 150 valence electrons. The summed E-state index contributed by atoms with van der Waals surface area (Å²) in [5, 5.41) is 14.3. The monoisotopic (exact) mass is 392 g/mol. The van der Waals surface area contributed by atoms with E-state index in [0.717, 1.165) is 11.1 Å². The first-order valence-electron chi connectivity index (χ1n) is 9.27. The van der Waals surface area contributed by atoms with Crippen molar-refractivity contribution in [2.24, 2.45) is 0 Å². The van der Waals surface area contributed by atoms with Crippen molar-refractivity contribution in [1.82, 2.24) is 10.2 Å². The standard InChI is InChI=1S/C23H24N2O4/c1-14-9-10-20(16(11-14)13-25(4)15(2)26)29-21-12-19(23(28)24-3)22(27)18-8-6-5-7-17(18)21/h5-12,27H,13H2,1-4H3,(H,24,28). The van der Waals surface area contributed by atoms with Crippen LogP contribution < -0.4 is 10.1 Å². The fourth-order valence-electron chi connectivity index (χ4n) is 3.14. The number of amides is 2. The third-order valence-corrected chi connectivity index (χ3v) is 4.83. The summed E-state index contributed by atoms with van der Waals surface area (Å²) in [5.41, 5.74) is 2.03. The molecule has 3 aromatic rings. The third-order valence-electron chi connectivity index (χ3n) is 4.83. The van der Waals surface area contributed by atoms with Crippen LogP contribution in [0.2, 0.25) is 0 Å². The summed E-state index contributed by atoms with van der Waals surface area (Å²) in [5.74, 6) is 0.496. The second kappa shape index (κ2) is 8.22. The molecule has 29 heavy (non-hydrogen) atoms. The topological polar surface area (TPSA) is 78.9 Å². The Morgan fingerprint density at radius 2 is 1.76 bits per heavy atom. The molecule has 0 radical (unpaired) electrons. The SMILES string of the molecule is CNC(=O)c1cc(Oc2ccc(C)cc2CN(C)C(C)=O)c2ccccc2c1O. The van der Waals surface area contributed by atoms with Crippen LogP contribution in [0.4, 0.5) is 0 Å². The number of carbonyl (C=O) groups excluding carboxylic acids is 2. The van der Waals surface area contributed by atoms with Gasteiger partial charge in [0.15, 0.2) is 0 Å². The predicted molar refractivity (Wildman–Crippen MR) is 112 cm³/mol. The van der Waals surface area contributed by atoms with E-state index in [-0.39, 0.29) is 17.2 Å². The van der Waals surface area contributed by atoms with Gasteiger partial charge in [-0.25, -0.2) is 0 Å². The van der Waals surface area contributed by atoms with E-state index < -0.39 is 5.91 Å². The van der Waals surface area contributed by atoms with E-state index in [9.17, 15) is 14.7 Å². The molecule has 0 fully saturated rings. The van der Waals surface area contributed by atoms with Crippen molar-refractivity contribution in [2.45, 2.75) is 20.4 Å². The number of aryl methyl sites for hydroxylation is 1. The molecule has 0 heterocycles. The van der Waals surface area contributed by atoms with Gasteiger partial charge in [0.05, 0.1) is 5.56 Å². The van der Waals surface area contributed by atoms with Gasteiger partial charge in [0, 0.05) is 43.9 Å². The number of fused-ring (bicyclic) bond motifs is 1. The largest absolute Gasteiger partial charge is 0.506 e. The number of aromatic hydroxyl groups is 1. The molecule has 6 heteroatoms. The second-order valence-electron chi connectivity index (χ2n) is 6.98. The van der Waals surface area contributed by atoms with Crippen LogP contribution in [-0.2, 0) is 11.3 Å². The molecule has 0 saturated heterocycles. The fraction of sp³-hybridized carbons (Fsp3) is 0.217. The van der Waals surface area contributed by atoms with Crippen molar-refractivity contribution in [3.05, 3.63) is 65.2 Å². The molecule has 0 bridgehead atoms. The molecule has 6 nitrogen and oxygen atoms in total. The minimum Gasteiger partial charge on any atom is -0.506 e. The van der Waals surface area contributed by atoms with Crippen LogP contribution in [0.3, 0.4) is 0 Å². The lowest BCUT2D eigenvalue weighted by Crippen LogP contribution is -2.23. The summed E-state index contributed by atoms with van der Waals surface area (Å²) < 4.78 is 6.22. The van der Waals surface area contributed by atoms with Crippen LogP contribution in [0.15, 0.2) is 48.5 Å². The average molecular weight is 392 g/mol. The zero-order valence-corrected chi connectivity index (χ0v) is 16.9.